The van der Waals surface area contributed by atoms with Gasteiger partial charge in [0.25, 0.3) is 11.1 Å². The molecule has 0 unspecified atom stereocenters. The largest absolute Gasteiger partial charge is 0.286 e. The molecule has 0 N–H and O–H groups in total. The van der Waals surface area contributed by atoms with Gasteiger partial charge in [0.15, 0.2) is 5.52 Å². The molecule has 41 heavy (non-hydrogen) atoms. The van der Waals surface area contributed by atoms with Gasteiger partial charge in [-0.1, -0.05) is 78.9 Å². The van der Waals surface area contributed by atoms with Gasteiger partial charge >= 0.3 is 0 Å². The van der Waals surface area contributed by atoms with Gasteiger partial charge in [0.05, 0.1) is 5.52 Å². The van der Waals surface area contributed by atoms with Gasteiger partial charge in [0.2, 0.25) is 0 Å². The first kappa shape index (κ1) is 23.2. The third kappa shape index (κ3) is 3.56. The molecule has 0 saturated carbocycles. The number of aromatic nitrogens is 3. The molecule has 3 aromatic heterocycles. The van der Waals surface area contributed by atoms with E-state index in [1.54, 1.807) is 12.3 Å². The highest BCUT2D eigenvalue weighted by Gasteiger charge is 2.20. The topological polar surface area (TPSA) is 64.3 Å². The summed E-state index contributed by atoms with van der Waals surface area (Å²) in [4.78, 5) is 36.1. The van der Waals surface area contributed by atoms with Crippen LogP contribution in [0.3, 0.4) is 0 Å². The van der Waals surface area contributed by atoms with Crippen LogP contribution in [0.1, 0.15) is 0 Å². The quantitative estimate of drug-likeness (QED) is 0.178. The lowest BCUT2D eigenvalue weighted by Crippen LogP contribution is -2.28. The van der Waals surface area contributed by atoms with Crippen LogP contribution in [0, 0.1) is 0 Å². The van der Waals surface area contributed by atoms with E-state index in [1.807, 2.05) is 60.7 Å². The summed E-state index contributed by atoms with van der Waals surface area (Å²) in [5, 5.41) is 2.83. The molecule has 0 aliphatic rings. The molecule has 0 bridgehead atoms. The first-order chi connectivity index (χ1) is 20.2. The molecule has 0 saturated heterocycles. The van der Waals surface area contributed by atoms with Crippen LogP contribution in [0.5, 0.6) is 0 Å². The summed E-state index contributed by atoms with van der Waals surface area (Å²) in [7, 11) is 0. The molecule has 5 heteroatoms. The van der Waals surface area contributed by atoms with E-state index in [9.17, 15) is 9.59 Å². The van der Waals surface area contributed by atoms with Gasteiger partial charge in [-0.25, -0.2) is 9.38 Å². The molecule has 0 radical (unpaired) electrons. The Balaban J connectivity index is 1.53. The van der Waals surface area contributed by atoms with Crippen LogP contribution in [0.4, 0.5) is 0 Å². The summed E-state index contributed by atoms with van der Waals surface area (Å²) in [6.45, 7) is 0. The molecule has 0 fully saturated rings. The molecular weight excluding hydrogens is 506 g/mol. The van der Waals surface area contributed by atoms with E-state index in [0.29, 0.717) is 16.4 Å². The summed E-state index contributed by atoms with van der Waals surface area (Å²) in [5.74, 6) is 0. The van der Waals surface area contributed by atoms with E-state index in [2.05, 4.69) is 58.5 Å². The lowest BCUT2D eigenvalue weighted by Gasteiger charge is -2.15. The molecule has 0 spiro atoms. The number of hydrogen-bond acceptors (Lipinski definition) is 4. The first-order valence-corrected chi connectivity index (χ1v) is 13.4. The Morgan fingerprint density at radius 3 is 1.54 bits per heavy atom. The van der Waals surface area contributed by atoms with Crippen LogP contribution in [-0.4, -0.2) is 14.4 Å². The fourth-order valence-corrected chi connectivity index (χ4v) is 5.93. The Morgan fingerprint density at radius 1 is 0.415 bits per heavy atom. The average molecular weight is 528 g/mol. The molecule has 5 aromatic carbocycles. The van der Waals surface area contributed by atoms with E-state index in [1.165, 1.54) is 10.6 Å². The molecule has 0 aliphatic carbocycles. The van der Waals surface area contributed by atoms with Crippen molar-refractivity contribution in [1.29, 1.82) is 0 Å². The van der Waals surface area contributed by atoms with Crippen molar-refractivity contribution in [2.75, 3.05) is 0 Å². The Hall–Kier alpha value is -5.68. The van der Waals surface area contributed by atoms with Gasteiger partial charge in [-0.2, -0.15) is 0 Å². The molecule has 3 heterocycles. The SMILES string of the molecule is O=c1c2ccccc2c2cc(-c3cc(-c4ccccc4)cc(-c4ccccc4)c3)cc3c4nccnc4c(=O)n1c23. The molecule has 5 nitrogen and oxygen atoms in total. The van der Waals surface area contributed by atoms with E-state index in [0.717, 1.165) is 49.5 Å². The van der Waals surface area contributed by atoms with Crippen molar-refractivity contribution in [3.05, 3.63) is 148 Å². The Morgan fingerprint density at radius 2 is 0.902 bits per heavy atom. The molecule has 0 aliphatic heterocycles. The van der Waals surface area contributed by atoms with Crippen LogP contribution in [0.25, 0.3) is 71.5 Å². The zero-order valence-electron chi connectivity index (χ0n) is 21.8. The van der Waals surface area contributed by atoms with Crippen LogP contribution < -0.4 is 11.1 Å². The smallest absolute Gasteiger partial charge is 0.268 e. The minimum Gasteiger partial charge on any atom is -0.268 e. The van der Waals surface area contributed by atoms with Crippen molar-refractivity contribution >= 4 is 38.1 Å². The highest BCUT2D eigenvalue weighted by molar-refractivity contribution is 6.18. The van der Waals surface area contributed by atoms with Crippen molar-refractivity contribution in [1.82, 2.24) is 14.4 Å². The maximum atomic E-state index is 13.6. The maximum Gasteiger partial charge on any atom is 0.286 e. The highest BCUT2D eigenvalue weighted by Crippen LogP contribution is 2.37. The lowest BCUT2D eigenvalue weighted by atomic mass is 9.91. The van der Waals surface area contributed by atoms with Gasteiger partial charge in [0.1, 0.15) is 5.52 Å². The monoisotopic (exact) mass is 527 g/mol. The molecule has 8 aromatic rings. The number of pyridine rings is 2. The second kappa shape index (κ2) is 8.93. The molecule has 0 atom stereocenters. The summed E-state index contributed by atoms with van der Waals surface area (Å²) >= 11 is 0. The van der Waals surface area contributed by atoms with E-state index >= 15 is 0 Å². The molecular formula is C36H21N3O2. The van der Waals surface area contributed by atoms with Crippen molar-refractivity contribution in [2.24, 2.45) is 0 Å². The van der Waals surface area contributed by atoms with Gasteiger partial charge in [-0.05, 0) is 75.2 Å². The Labute approximate surface area is 234 Å². The van der Waals surface area contributed by atoms with Crippen molar-refractivity contribution < 1.29 is 0 Å². The van der Waals surface area contributed by atoms with Crippen LogP contribution >= 0.6 is 0 Å². The van der Waals surface area contributed by atoms with Crippen LogP contribution in [-0.2, 0) is 0 Å². The maximum absolute atomic E-state index is 13.6. The number of nitrogens with zero attached hydrogens (tertiary/aromatic N) is 3. The molecule has 8 rings (SSSR count). The zero-order chi connectivity index (χ0) is 27.5. The summed E-state index contributed by atoms with van der Waals surface area (Å²) in [6, 6.07) is 38.8. The minimum atomic E-state index is -0.452. The average Bonchev–Trinajstić information content (AvgIpc) is 3.05. The molecule has 0 amide bonds. The standard InChI is InChI=1S/C36H21N3O2/c40-35-29-14-8-7-13-28(29)30-20-27(21-31-32-33(38-16-15-37-32)36(41)39(35)34(30)31)26-18-24(22-9-3-1-4-10-22)17-25(19-26)23-11-5-2-6-12-23/h1-21H. The second-order valence-electron chi connectivity index (χ2n) is 10.2. The predicted octanol–water partition coefficient (Wildman–Crippen LogP) is 7.35. The number of benzene rings is 5. The number of rotatable bonds is 3. The van der Waals surface area contributed by atoms with E-state index < -0.39 is 5.56 Å². The molecule has 192 valence electrons. The first-order valence-electron chi connectivity index (χ1n) is 13.4. The van der Waals surface area contributed by atoms with Crippen molar-refractivity contribution in [3.8, 4) is 33.4 Å². The summed E-state index contributed by atoms with van der Waals surface area (Å²) in [5.41, 5.74) is 6.85. The summed E-state index contributed by atoms with van der Waals surface area (Å²) < 4.78 is 1.27. The fourth-order valence-electron chi connectivity index (χ4n) is 5.93. The third-order valence-corrected chi connectivity index (χ3v) is 7.82. The van der Waals surface area contributed by atoms with Crippen LogP contribution in [0.15, 0.2) is 137 Å². The van der Waals surface area contributed by atoms with Gasteiger partial charge in [-0.15, -0.1) is 0 Å². The van der Waals surface area contributed by atoms with E-state index in [-0.39, 0.29) is 11.1 Å². The van der Waals surface area contributed by atoms with E-state index in [4.69, 9.17) is 0 Å². The van der Waals surface area contributed by atoms with Crippen LogP contribution in [0.2, 0.25) is 0 Å². The van der Waals surface area contributed by atoms with Gasteiger partial charge < -0.3 is 0 Å². The Kier molecular flexibility index (Phi) is 5.06. The fraction of sp³-hybridized carbons (Fsp3) is 0. The lowest BCUT2D eigenvalue weighted by molar-refractivity contribution is 1.07. The summed E-state index contributed by atoms with van der Waals surface area (Å²) in [6.07, 6.45) is 3.08. The normalized spacial score (nSPS) is 11.6. The third-order valence-electron chi connectivity index (χ3n) is 7.82. The van der Waals surface area contributed by atoms with Gasteiger partial charge in [-0.3, -0.25) is 14.6 Å². The van der Waals surface area contributed by atoms with Crippen molar-refractivity contribution in [3.63, 3.8) is 0 Å². The minimum absolute atomic E-state index is 0.179. The van der Waals surface area contributed by atoms with Crippen molar-refractivity contribution in [2.45, 2.75) is 0 Å². The Bertz CT molecular complexity index is 2240. The number of hydrogen-bond donors (Lipinski definition) is 0. The number of fused-ring (bicyclic) bond motifs is 4. The highest BCUT2D eigenvalue weighted by atomic mass is 16.2. The van der Waals surface area contributed by atoms with Gasteiger partial charge in [0, 0.05) is 28.6 Å². The second-order valence-corrected chi connectivity index (χ2v) is 10.2. The predicted molar refractivity (Wildman–Crippen MR) is 166 cm³/mol. The zero-order valence-corrected chi connectivity index (χ0v) is 21.8.